The van der Waals surface area contributed by atoms with E-state index in [1.54, 1.807) is 6.92 Å². The maximum Gasteiger partial charge on any atom is 0.261 e. The highest BCUT2D eigenvalue weighted by molar-refractivity contribution is 5.81. The van der Waals surface area contributed by atoms with Crippen LogP contribution in [0.25, 0.3) is 0 Å². The standard InChI is InChI=1S/C24H25NO2/c1-17-12-14-21(15-13-17)23(20-9-5-4-6-10-20)25-24(26)19(3)27-22-11-7-8-18(2)16-22/h4-16,19,23H,1-3H3,(H,25,26)/t19-,23-/m1/s1. The molecule has 3 aromatic rings. The minimum Gasteiger partial charge on any atom is -0.481 e. The predicted molar refractivity (Wildman–Crippen MR) is 109 cm³/mol. The number of aryl methyl sites for hydroxylation is 2. The molecule has 3 rings (SSSR count). The number of hydrogen-bond acceptors (Lipinski definition) is 2. The average Bonchev–Trinajstić information content (AvgIpc) is 2.67. The number of rotatable bonds is 6. The summed E-state index contributed by atoms with van der Waals surface area (Å²) in [6, 6.07) is 25.7. The summed E-state index contributed by atoms with van der Waals surface area (Å²) >= 11 is 0. The van der Waals surface area contributed by atoms with E-state index in [1.165, 1.54) is 5.56 Å². The van der Waals surface area contributed by atoms with Crippen molar-refractivity contribution in [3.8, 4) is 5.75 Å². The molecule has 0 aliphatic rings. The minimum atomic E-state index is -0.594. The number of carbonyl (C=O) groups excluding carboxylic acids is 1. The van der Waals surface area contributed by atoms with Gasteiger partial charge in [0.1, 0.15) is 5.75 Å². The fourth-order valence-corrected chi connectivity index (χ4v) is 2.97. The molecule has 0 radical (unpaired) electrons. The predicted octanol–water partition coefficient (Wildman–Crippen LogP) is 4.98. The molecular weight excluding hydrogens is 334 g/mol. The number of benzene rings is 3. The van der Waals surface area contributed by atoms with E-state index in [0.29, 0.717) is 5.75 Å². The third-order valence-electron chi connectivity index (χ3n) is 4.50. The van der Waals surface area contributed by atoms with Gasteiger partial charge in [-0.05, 0) is 49.6 Å². The van der Waals surface area contributed by atoms with Gasteiger partial charge >= 0.3 is 0 Å². The molecule has 0 fully saturated rings. The van der Waals surface area contributed by atoms with E-state index >= 15 is 0 Å². The molecule has 27 heavy (non-hydrogen) atoms. The van der Waals surface area contributed by atoms with Crippen molar-refractivity contribution in [2.45, 2.75) is 32.9 Å². The van der Waals surface area contributed by atoms with Gasteiger partial charge in [-0.2, -0.15) is 0 Å². The fourth-order valence-electron chi connectivity index (χ4n) is 2.97. The zero-order chi connectivity index (χ0) is 19.2. The van der Waals surface area contributed by atoms with Crippen LogP contribution in [0.15, 0.2) is 78.9 Å². The third-order valence-corrected chi connectivity index (χ3v) is 4.50. The van der Waals surface area contributed by atoms with Gasteiger partial charge in [0.25, 0.3) is 5.91 Å². The number of ether oxygens (including phenoxy) is 1. The van der Waals surface area contributed by atoms with Crippen molar-refractivity contribution in [1.29, 1.82) is 0 Å². The molecule has 0 aliphatic heterocycles. The largest absolute Gasteiger partial charge is 0.481 e. The van der Waals surface area contributed by atoms with Gasteiger partial charge in [0.2, 0.25) is 0 Å². The van der Waals surface area contributed by atoms with Gasteiger partial charge in [-0.25, -0.2) is 0 Å². The number of nitrogens with one attached hydrogen (secondary N) is 1. The molecule has 3 nitrogen and oxygen atoms in total. The lowest BCUT2D eigenvalue weighted by atomic mass is 9.97. The summed E-state index contributed by atoms with van der Waals surface area (Å²) in [5, 5.41) is 3.14. The molecular formula is C24H25NO2. The fraction of sp³-hybridized carbons (Fsp3) is 0.208. The second-order valence-electron chi connectivity index (χ2n) is 6.84. The van der Waals surface area contributed by atoms with Crippen molar-refractivity contribution in [2.24, 2.45) is 0 Å². The lowest BCUT2D eigenvalue weighted by molar-refractivity contribution is -0.127. The Kier molecular flexibility index (Phi) is 5.92. The molecule has 0 aliphatic carbocycles. The Morgan fingerprint density at radius 1 is 0.815 bits per heavy atom. The van der Waals surface area contributed by atoms with Gasteiger partial charge in [-0.1, -0.05) is 72.3 Å². The number of carbonyl (C=O) groups is 1. The van der Waals surface area contributed by atoms with Crippen molar-refractivity contribution >= 4 is 5.91 Å². The monoisotopic (exact) mass is 359 g/mol. The normalized spacial score (nSPS) is 12.9. The van der Waals surface area contributed by atoms with Crippen LogP contribution in [0.2, 0.25) is 0 Å². The van der Waals surface area contributed by atoms with E-state index in [2.05, 4.69) is 36.5 Å². The average molecular weight is 359 g/mol. The zero-order valence-electron chi connectivity index (χ0n) is 16.0. The molecule has 3 heteroatoms. The highest BCUT2D eigenvalue weighted by Gasteiger charge is 2.21. The molecule has 0 saturated carbocycles. The Morgan fingerprint density at radius 3 is 2.15 bits per heavy atom. The SMILES string of the molecule is Cc1ccc([C@H](NC(=O)[C@@H](C)Oc2cccc(C)c2)c2ccccc2)cc1. The highest BCUT2D eigenvalue weighted by atomic mass is 16.5. The summed E-state index contributed by atoms with van der Waals surface area (Å²) in [6.07, 6.45) is -0.594. The van der Waals surface area contributed by atoms with Crippen LogP contribution >= 0.6 is 0 Å². The molecule has 0 spiro atoms. The molecule has 138 valence electrons. The van der Waals surface area contributed by atoms with E-state index in [0.717, 1.165) is 16.7 Å². The number of hydrogen-bond donors (Lipinski definition) is 1. The molecule has 0 aromatic heterocycles. The molecule has 1 N–H and O–H groups in total. The van der Waals surface area contributed by atoms with Crippen LogP contribution in [-0.2, 0) is 4.79 Å². The van der Waals surface area contributed by atoms with Gasteiger partial charge in [0.05, 0.1) is 6.04 Å². The quantitative estimate of drug-likeness (QED) is 0.674. The van der Waals surface area contributed by atoms with Crippen molar-refractivity contribution < 1.29 is 9.53 Å². The Hall–Kier alpha value is -3.07. The molecule has 0 unspecified atom stereocenters. The van der Waals surface area contributed by atoms with Crippen molar-refractivity contribution in [2.75, 3.05) is 0 Å². The van der Waals surface area contributed by atoms with Crippen LogP contribution < -0.4 is 10.1 Å². The molecule has 3 aromatic carbocycles. The van der Waals surface area contributed by atoms with Crippen LogP contribution in [-0.4, -0.2) is 12.0 Å². The summed E-state index contributed by atoms with van der Waals surface area (Å²) in [4.78, 5) is 12.8. The van der Waals surface area contributed by atoms with Crippen molar-refractivity contribution in [3.63, 3.8) is 0 Å². The van der Waals surface area contributed by atoms with Gasteiger partial charge in [0, 0.05) is 0 Å². The molecule has 0 bridgehead atoms. The minimum absolute atomic E-state index is 0.147. The van der Waals surface area contributed by atoms with Crippen LogP contribution in [0.1, 0.15) is 35.2 Å². The number of amides is 1. The van der Waals surface area contributed by atoms with E-state index in [1.807, 2.05) is 61.5 Å². The first-order valence-corrected chi connectivity index (χ1v) is 9.18. The zero-order valence-corrected chi connectivity index (χ0v) is 16.0. The maximum absolute atomic E-state index is 12.8. The first kappa shape index (κ1) is 18.7. The summed E-state index contributed by atoms with van der Waals surface area (Å²) < 4.78 is 5.84. The Balaban J connectivity index is 1.79. The van der Waals surface area contributed by atoms with Gasteiger partial charge < -0.3 is 10.1 Å². The second-order valence-corrected chi connectivity index (χ2v) is 6.84. The van der Waals surface area contributed by atoms with Gasteiger partial charge in [-0.3, -0.25) is 4.79 Å². The lowest BCUT2D eigenvalue weighted by Gasteiger charge is -2.23. The topological polar surface area (TPSA) is 38.3 Å². The smallest absolute Gasteiger partial charge is 0.261 e. The van der Waals surface area contributed by atoms with Crippen LogP contribution in [0.3, 0.4) is 0 Å². The second kappa shape index (κ2) is 8.54. The molecule has 1 amide bonds. The summed E-state index contributed by atoms with van der Waals surface area (Å²) in [5.74, 6) is 0.551. The summed E-state index contributed by atoms with van der Waals surface area (Å²) in [6.45, 7) is 5.83. The first-order valence-electron chi connectivity index (χ1n) is 9.18. The van der Waals surface area contributed by atoms with Crippen LogP contribution in [0.5, 0.6) is 5.75 Å². The Labute approximate surface area is 161 Å². The van der Waals surface area contributed by atoms with E-state index in [4.69, 9.17) is 4.74 Å². The Morgan fingerprint density at radius 2 is 1.48 bits per heavy atom. The first-order chi connectivity index (χ1) is 13.0. The van der Waals surface area contributed by atoms with E-state index in [-0.39, 0.29) is 11.9 Å². The lowest BCUT2D eigenvalue weighted by Crippen LogP contribution is -2.39. The van der Waals surface area contributed by atoms with Crippen molar-refractivity contribution in [3.05, 3.63) is 101 Å². The van der Waals surface area contributed by atoms with Gasteiger partial charge in [0.15, 0.2) is 6.10 Å². The molecule has 0 saturated heterocycles. The molecule has 2 atom stereocenters. The van der Waals surface area contributed by atoms with Crippen molar-refractivity contribution in [1.82, 2.24) is 5.32 Å². The summed E-state index contributed by atoms with van der Waals surface area (Å²) in [7, 11) is 0. The van der Waals surface area contributed by atoms with Gasteiger partial charge in [-0.15, -0.1) is 0 Å². The third kappa shape index (κ3) is 4.98. The van der Waals surface area contributed by atoms with E-state index < -0.39 is 6.10 Å². The van der Waals surface area contributed by atoms with Crippen LogP contribution in [0.4, 0.5) is 0 Å². The van der Waals surface area contributed by atoms with E-state index in [9.17, 15) is 4.79 Å². The van der Waals surface area contributed by atoms with Crippen LogP contribution in [0, 0.1) is 13.8 Å². The molecule has 0 heterocycles. The Bertz CT molecular complexity index is 888. The summed E-state index contributed by atoms with van der Waals surface area (Å²) in [5.41, 5.74) is 4.37. The maximum atomic E-state index is 12.8. The highest BCUT2D eigenvalue weighted by Crippen LogP contribution is 2.23.